The van der Waals surface area contributed by atoms with E-state index in [0.29, 0.717) is 12.5 Å². The van der Waals surface area contributed by atoms with E-state index in [1.807, 2.05) is 0 Å². The van der Waals surface area contributed by atoms with E-state index in [-0.39, 0.29) is 6.61 Å². The minimum absolute atomic E-state index is 0.203. The average Bonchev–Trinajstić information content (AvgIpc) is 3.21. The molecule has 6 heteroatoms. The molecule has 0 atom stereocenters. The molecular formula is C14H25F3N2O. The van der Waals surface area contributed by atoms with Crippen molar-refractivity contribution in [3.8, 4) is 0 Å². The molecule has 1 aliphatic heterocycles. The summed E-state index contributed by atoms with van der Waals surface area (Å²) >= 11 is 0. The lowest BCUT2D eigenvalue weighted by Gasteiger charge is -2.30. The maximum atomic E-state index is 11.9. The topological polar surface area (TPSA) is 24.5 Å². The van der Waals surface area contributed by atoms with Gasteiger partial charge in [0.15, 0.2) is 0 Å². The molecule has 0 bridgehead atoms. The molecule has 1 saturated carbocycles. The van der Waals surface area contributed by atoms with E-state index in [0.717, 1.165) is 32.1 Å². The normalized spacial score (nSPS) is 21.6. The third kappa shape index (κ3) is 6.41. The van der Waals surface area contributed by atoms with Crippen LogP contribution in [0.5, 0.6) is 0 Å². The van der Waals surface area contributed by atoms with Gasteiger partial charge in [0.2, 0.25) is 0 Å². The summed E-state index contributed by atoms with van der Waals surface area (Å²) in [7, 11) is 0. The quantitative estimate of drug-likeness (QED) is 0.696. The number of ether oxygens (including phenoxy) is 1. The van der Waals surface area contributed by atoms with Gasteiger partial charge in [-0.25, -0.2) is 0 Å². The highest BCUT2D eigenvalue weighted by molar-refractivity contribution is 4.86. The number of hydrogen-bond acceptors (Lipinski definition) is 3. The van der Waals surface area contributed by atoms with E-state index in [1.165, 1.54) is 25.7 Å². The molecule has 3 nitrogen and oxygen atoms in total. The molecule has 118 valence electrons. The molecule has 0 aromatic heterocycles. The highest BCUT2D eigenvalue weighted by Crippen LogP contribution is 2.29. The van der Waals surface area contributed by atoms with Gasteiger partial charge in [0.05, 0.1) is 0 Å². The highest BCUT2D eigenvalue weighted by Gasteiger charge is 2.31. The van der Waals surface area contributed by atoms with Crippen molar-refractivity contribution in [1.82, 2.24) is 10.2 Å². The van der Waals surface area contributed by atoms with E-state index >= 15 is 0 Å². The predicted octanol–water partition coefficient (Wildman–Crippen LogP) is 2.42. The van der Waals surface area contributed by atoms with Crippen molar-refractivity contribution >= 4 is 0 Å². The second-order valence-electron chi connectivity index (χ2n) is 5.94. The Hall–Kier alpha value is -0.330. The fourth-order valence-corrected chi connectivity index (χ4v) is 2.82. The van der Waals surface area contributed by atoms with Crippen molar-refractivity contribution in [3.05, 3.63) is 0 Å². The van der Waals surface area contributed by atoms with Gasteiger partial charge in [-0.3, -0.25) is 0 Å². The van der Waals surface area contributed by atoms with Crippen molar-refractivity contribution in [2.45, 2.75) is 44.3 Å². The van der Waals surface area contributed by atoms with Crippen LogP contribution in [0.2, 0.25) is 0 Å². The predicted molar refractivity (Wildman–Crippen MR) is 71.7 cm³/mol. The van der Waals surface area contributed by atoms with Crippen LogP contribution in [-0.4, -0.2) is 56.5 Å². The van der Waals surface area contributed by atoms with E-state index < -0.39 is 12.8 Å². The third-order valence-electron chi connectivity index (χ3n) is 4.01. The van der Waals surface area contributed by atoms with Gasteiger partial charge in [-0.05, 0) is 51.1 Å². The van der Waals surface area contributed by atoms with Crippen LogP contribution in [0.4, 0.5) is 13.2 Å². The van der Waals surface area contributed by atoms with Gasteiger partial charge in [-0.2, -0.15) is 13.2 Å². The van der Waals surface area contributed by atoms with Crippen molar-refractivity contribution in [2.24, 2.45) is 5.92 Å². The summed E-state index contributed by atoms with van der Waals surface area (Å²) < 4.78 is 40.5. The summed E-state index contributed by atoms with van der Waals surface area (Å²) in [6.07, 6.45) is 1.41. The van der Waals surface area contributed by atoms with Gasteiger partial charge in [0, 0.05) is 25.7 Å². The second-order valence-corrected chi connectivity index (χ2v) is 5.94. The lowest BCUT2D eigenvalue weighted by atomic mass is 9.97. The largest absolute Gasteiger partial charge is 0.411 e. The zero-order chi connectivity index (χ0) is 14.4. The van der Waals surface area contributed by atoms with Crippen molar-refractivity contribution in [2.75, 3.05) is 39.4 Å². The van der Waals surface area contributed by atoms with Crippen LogP contribution in [0.3, 0.4) is 0 Å². The summed E-state index contributed by atoms with van der Waals surface area (Å²) in [5, 5.41) is 3.36. The van der Waals surface area contributed by atoms with Gasteiger partial charge in [0.1, 0.15) is 6.61 Å². The fraction of sp³-hybridized carbons (Fsp3) is 1.00. The van der Waals surface area contributed by atoms with E-state index in [2.05, 4.69) is 15.0 Å². The Labute approximate surface area is 118 Å². The van der Waals surface area contributed by atoms with Crippen LogP contribution in [0.25, 0.3) is 0 Å². The Morgan fingerprint density at radius 1 is 1.10 bits per heavy atom. The van der Waals surface area contributed by atoms with Gasteiger partial charge < -0.3 is 15.0 Å². The Balaban J connectivity index is 1.60. The molecule has 20 heavy (non-hydrogen) atoms. The molecule has 1 N–H and O–H groups in total. The number of nitrogens with one attached hydrogen (secondary N) is 1. The first-order valence-electron chi connectivity index (χ1n) is 7.64. The van der Waals surface area contributed by atoms with Crippen molar-refractivity contribution in [1.29, 1.82) is 0 Å². The van der Waals surface area contributed by atoms with Gasteiger partial charge in [-0.15, -0.1) is 0 Å². The Morgan fingerprint density at radius 3 is 2.40 bits per heavy atom. The molecule has 2 rings (SSSR count). The SMILES string of the molecule is FC(F)(F)COCCCN(CC1CCNCC1)C1CC1. The summed E-state index contributed by atoms with van der Waals surface area (Å²) in [6, 6.07) is 0.674. The van der Waals surface area contributed by atoms with E-state index in [9.17, 15) is 13.2 Å². The summed E-state index contributed by atoms with van der Waals surface area (Å²) in [5.74, 6) is 0.743. The van der Waals surface area contributed by atoms with E-state index in [4.69, 9.17) is 0 Å². The monoisotopic (exact) mass is 294 g/mol. The highest BCUT2D eigenvalue weighted by atomic mass is 19.4. The van der Waals surface area contributed by atoms with Crippen LogP contribution in [0.15, 0.2) is 0 Å². The Kier molecular flexibility index (Phi) is 6.11. The summed E-state index contributed by atoms with van der Waals surface area (Å²) in [6.45, 7) is 3.24. The van der Waals surface area contributed by atoms with Crippen LogP contribution in [0.1, 0.15) is 32.1 Å². The van der Waals surface area contributed by atoms with Crippen LogP contribution in [0, 0.1) is 5.92 Å². The van der Waals surface area contributed by atoms with Crippen LogP contribution in [-0.2, 0) is 4.74 Å². The summed E-state index contributed by atoms with van der Waals surface area (Å²) in [4.78, 5) is 2.47. The lowest BCUT2D eigenvalue weighted by molar-refractivity contribution is -0.174. The Morgan fingerprint density at radius 2 is 1.80 bits per heavy atom. The molecule has 0 aromatic carbocycles. The number of alkyl halides is 3. The van der Waals surface area contributed by atoms with Gasteiger partial charge in [0.25, 0.3) is 0 Å². The zero-order valence-electron chi connectivity index (χ0n) is 11.9. The average molecular weight is 294 g/mol. The molecule has 0 radical (unpaired) electrons. The standard InChI is InChI=1S/C14H25F3N2O/c15-14(16,17)11-20-9-1-8-19(13-2-3-13)10-12-4-6-18-7-5-12/h12-13,18H,1-11H2. The molecule has 0 unspecified atom stereocenters. The zero-order valence-corrected chi connectivity index (χ0v) is 11.9. The molecule has 0 aromatic rings. The Bertz CT molecular complexity index is 276. The lowest BCUT2D eigenvalue weighted by Crippen LogP contribution is -2.38. The smallest absolute Gasteiger partial charge is 0.372 e. The molecule has 0 spiro atoms. The van der Waals surface area contributed by atoms with E-state index in [1.54, 1.807) is 0 Å². The molecule has 1 aliphatic carbocycles. The van der Waals surface area contributed by atoms with Crippen LogP contribution < -0.4 is 5.32 Å². The minimum Gasteiger partial charge on any atom is -0.372 e. The van der Waals surface area contributed by atoms with Gasteiger partial charge in [-0.1, -0.05) is 0 Å². The van der Waals surface area contributed by atoms with Crippen molar-refractivity contribution < 1.29 is 17.9 Å². The summed E-state index contributed by atoms with van der Waals surface area (Å²) in [5.41, 5.74) is 0. The number of piperidine rings is 1. The number of halogens is 3. The first-order valence-corrected chi connectivity index (χ1v) is 7.64. The maximum Gasteiger partial charge on any atom is 0.411 e. The van der Waals surface area contributed by atoms with Gasteiger partial charge >= 0.3 is 6.18 Å². The number of rotatable bonds is 8. The fourth-order valence-electron chi connectivity index (χ4n) is 2.82. The molecular weight excluding hydrogens is 269 g/mol. The first kappa shape index (κ1) is 16.0. The second kappa shape index (κ2) is 7.61. The third-order valence-corrected chi connectivity index (χ3v) is 4.01. The molecule has 2 aliphatic rings. The van der Waals surface area contributed by atoms with Crippen LogP contribution >= 0.6 is 0 Å². The molecule has 1 saturated heterocycles. The first-order chi connectivity index (χ1) is 9.54. The minimum atomic E-state index is -4.20. The molecule has 2 fully saturated rings. The van der Waals surface area contributed by atoms with Crippen molar-refractivity contribution in [3.63, 3.8) is 0 Å². The maximum absolute atomic E-state index is 11.9. The number of hydrogen-bond donors (Lipinski definition) is 1. The molecule has 1 heterocycles. The molecule has 0 amide bonds. The number of nitrogens with zero attached hydrogens (tertiary/aromatic N) is 1.